The van der Waals surface area contributed by atoms with Crippen molar-refractivity contribution < 1.29 is 15.1 Å². The first kappa shape index (κ1) is 12.8. The maximum atomic E-state index is 12.1. The number of β-amino-alcohol motifs (C(OH)–C–C–N with tert-alkyl or cyclic N) is 1. The molecule has 1 unspecified atom stereocenters. The second-order valence-electron chi connectivity index (χ2n) is 5.08. The van der Waals surface area contributed by atoms with Gasteiger partial charge in [0.2, 0.25) is 5.91 Å². The Bertz CT molecular complexity index is 323. The van der Waals surface area contributed by atoms with Crippen molar-refractivity contribution in [2.24, 2.45) is 16.3 Å². The SMILES string of the molecule is CC1(O)CCN(C(=O)C(C)(C)C(N)=NO)C1. The minimum absolute atomic E-state index is 0.121. The Balaban J connectivity index is 2.80. The summed E-state index contributed by atoms with van der Waals surface area (Å²) >= 11 is 0. The minimum Gasteiger partial charge on any atom is -0.409 e. The summed E-state index contributed by atoms with van der Waals surface area (Å²) in [6.07, 6.45) is 0.547. The predicted molar refractivity (Wildman–Crippen MR) is 59.0 cm³/mol. The lowest BCUT2D eigenvalue weighted by Gasteiger charge is -2.28. The van der Waals surface area contributed by atoms with E-state index in [2.05, 4.69) is 5.16 Å². The molecule has 0 spiro atoms. The molecule has 4 N–H and O–H groups in total. The molecule has 6 nitrogen and oxygen atoms in total. The maximum Gasteiger partial charge on any atom is 0.236 e. The van der Waals surface area contributed by atoms with Gasteiger partial charge in [0.1, 0.15) is 5.41 Å². The van der Waals surface area contributed by atoms with Crippen molar-refractivity contribution >= 4 is 11.7 Å². The lowest BCUT2D eigenvalue weighted by Crippen LogP contribution is -2.48. The summed E-state index contributed by atoms with van der Waals surface area (Å²) in [5.74, 6) is -0.357. The number of likely N-dealkylation sites (tertiary alicyclic amines) is 1. The molecule has 1 heterocycles. The van der Waals surface area contributed by atoms with E-state index in [9.17, 15) is 9.90 Å². The fourth-order valence-corrected chi connectivity index (χ4v) is 1.75. The molecule has 6 heteroatoms. The molecule has 0 radical (unpaired) electrons. The van der Waals surface area contributed by atoms with E-state index in [1.165, 1.54) is 4.90 Å². The highest BCUT2D eigenvalue weighted by Crippen LogP contribution is 2.26. The van der Waals surface area contributed by atoms with Crippen molar-refractivity contribution in [1.82, 2.24) is 4.90 Å². The standard InChI is InChI=1S/C10H19N3O3/c1-9(2,7(11)12-16)8(14)13-5-4-10(3,15)6-13/h15-16H,4-6H2,1-3H3,(H2,11,12). The van der Waals surface area contributed by atoms with Gasteiger partial charge in [-0.15, -0.1) is 0 Å². The van der Waals surface area contributed by atoms with Gasteiger partial charge in [-0.2, -0.15) is 0 Å². The number of amides is 1. The number of nitrogens with zero attached hydrogens (tertiary/aromatic N) is 2. The number of hydrogen-bond donors (Lipinski definition) is 3. The molecule has 0 saturated carbocycles. The average Bonchev–Trinajstić information content (AvgIpc) is 2.56. The molecule has 1 aliphatic heterocycles. The summed E-state index contributed by atoms with van der Waals surface area (Å²) in [5, 5.41) is 21.3. The van der Waals surface area contributed by atoms with Gasteiger partial charge in [0.05, 0.1) is 5.60 Å². The van der Waals surface area contributed by atoms with Crippen molar-refractivity contribution in [1.29, 1.82) is 0 Å². The van der Waals surface area contributed by atoms with Crippen molar-refractivity contribution in [3.63, 3.8) is 0 Å². The largest absolute Gasteiger partial charge is 0.409 e. The zero-order valence-electron chi connectivity index (χ0n) is 9.90. The Morgan fingerprint density at radius 3 is 2.50 bits per heavy atom. The van der Waals surface area contributed by atoms with E-state index >= 15 is 0 Å². The lowest BCUT2D eigenvalue weighted by atomic mass is 9.90. The Kier molecular flexibility index (Phi) is 3.14. The van der Waals surface area contributed by atoms with E-state index in [0.717, 1.165) is 0 Å². The Morgan fingerprint density at radius 2 is 2.12 bits per heavy atom. The topological polar surface area (TPSA) is 99.2 Å². The van der Waals surface area contributed by atoms with Gasteiger partial charge in [0.25, 0.3) is 0 Å². The Labute approximate surface area is 94.7 Å². The van der Waals surface area contributed by atoms with E-state index in [1.807, 2.05) is 0 Å². The van der Waals surface area contributed by atoms with E-state index < -0.39 is 11.0 Å². The molecule has 1 rings (SSSR count). The second kappa shape index (κ2) is 3.93. The number of rotatable bonds is 2. The highest BCUT2D eigenvalue weighted by atomic mass is 16.4. The molecule has 0 aromatic carbocycles. The first-order valence-corrected chi connectivity index (χ1v) is 5.20. The molecule has 1 aliphatic rings. The van der Waals surface area contributed by atoms with Gasteiger partial charge >= 0.3 is 0 Å². The number of carbonyl (C=O) groups excluding carboxylic acids is 1. The van der Waals surface area contributed by atoms with Crippen LogP contribution in [0.15, 0.2) is 5.16 Å². The summed E-state index contributed by atoms with van der Waals surface area (Å²) in [5.41, 5.74) is 3.59. The highest BCUT2D eigenvalue weighted by molar-refractivity contribution is 6.05. The van der Waals surface area contributed by atoms with Crippen molar-refractivity contribution in [2.75, 3.05) is 13.1 Å². The van der Waals surface area contributed by atoms with Gasteiger partial charge in [-0.05, 0) is 27.2 Å². The summed E-state index contributed by atoms with van der Waals surface area (Å²) in [7, 11) is 0. The van der Waals surface area contributed by atoms with Gasteiger partial charge < -0.3 is 20.9 Å². The van der Waals surface area contributed by atoms with E-state index in [1.54, 1.807) is 20.8 Å². The van der Waals surface area contributed by atoms with Crippen molar-refractivity contribution in [3.8, 4) is 0 Å². The van der Waals surface area contributed by atoms with Crippen LogP contribution in [0, 0.1) is 5.41 Å². The number of oxime groups is 1. The van der Waals surface area contributed by atoms with Gasteiger partial charge in [-0.25, -0.2) is 0 Å². The van der Waals surface area contributed by atoms with E-state index in [4.69, 9.17) is 10.9 Å². The number of aliphatic hydroxyl groups is 1. The van der Waals surface area contributed by atoms with Gasteiger partial charge in [-0.3, -0.25) is 4.79 Å². The average molecular weight is 229 g/mol. The molecule has 0 aromatic rings. The Morgan fingerprint density at radius 1 is 1.56 bits per heavy atom. The summed E-state index contributed by atoms with van der Waals surface area (Å²) in [6.45, 7) is 5.66. The molecule has 0 aliphatic carbocycles. The van der Waals surface area contributed by atoms with Crippen LogP contribution in [0.2, 0.25) is 0 Å². The molecule has 1 saturated heterocycles. The summed E-state index contributed by atoms with van der Waals surface area (Å²) in [4.78, 5) is 13.6. The van der Waals surface area contributed by atoms with Crippen molar-refractivity contribution in [3.05, 3.63) is 0 Å². The minimum atomic E-state index is -1.05. The highest BCUT2D eigenvalue weighted by Gasteiger charge is 2.42. The van der Waals surface area contributed by atoms with Crippen LogP contribution in [-0.4, -0.2) is 45.6 Å². The van der Waals surface area contributed by atoms with Crippen LogP contribution in [0.1, 0.15) is 27.2 Å². The zero-order valence-corrected chi connectivity index (χ0v) is 9.90. The second-order valence-corrected chi connectivity index (χ2v) is 5.08. The quantitative estimate of drug-likeness (QED) is 0.263. The van der Waals surface area contributed by atoms with Gasteiger partial charge in [0, 0.05) is 13.1 Å². The van der Waals surface area contributed by atoms with Crippen LogP contribution in [0.5, 0.6) is 0 Å². The monoisotopic (exact) mass is 229 g/mol. The smallest absolute Gasteiger partial charge is 0.236 e. The molecule has 1 fully saturated rings. The predicted octanol–water partition coefficient (Wildman–Crippen LogP) is -0.258. The molecule has 0 bridgehead atoms. The lowest BCUT2D eigenvalue weighted by molar-refractivity contribution is -0.136. The van der Waals surface area contributed by atoms with Crippen LogP contribution < -0.4 is 5.73 Å². The van der Waals surface area contributed by atoms with E-state index in [-0.39, 0.29) is 18.3 Å². The third kappa shape index (κ3) is 2.27. The van der Waals surface area contributed by atoms with Crippen molar-refractivity contribution in [2.45, 2.75) is 32.8 Å². The maximum absolute atomic E-state index is 12.1. The number of nitrogens with two attached hydrogens (primary N) is 1. The van der Waals surface area contributed by atoms with Crippen LogP contribution in [0.25, 0.3) is 0 Å². The first-order chi connectivity index (χ1) is 7.20. The third-order valence-corrected chi connectivity index (χ3v) is 3.02. The Hall–Kier alpha value is -1.30. The van der Waals surface area contributed by atoms with Crippen LogP contribution in [0.4, 0.5) is 0 Å². The molecular formula is C10H19N3O3. The van der Waals surface area contributed by atoms with Crippen LogP contribution in [0.3, 0.4) is 0 Å². The van der Waals surface area contributed by atoms with Crippen LogP contribution in [-0.2, 0) is 4.79 Å². The third-order valence-electron chi connectivity index (χ3n) is 3.02. The summed E-state index contributed by atoms with van der Waals surface area (Å²) < 4.78 is 0. The molecular weight excluding hydrogens is 210 g/mol. The molecule has 16 heavy (non-hydrogen) atoms. The molecule has 92 valence electrons. The van der Waals surface area contributed by atoms with Crippen LogP contribution >= 0.6 is 0 Å². The molecule has 1 atom stereocenters. The fraction of sp³-hybridized carbons (Fsp3) is 0.800. The number of carbonyl (C=O) groups is 1. The molecule has 0 aromatic heterocycles. The number of amidine groups is 1. The number of hydrogen-bond acceptors (Lipinski definition) is 4. The van der Waals surface area contributed by atoms with E-state index in [0.29, 0.717) is 13.0 Å². The zero-order chi connectivity index (χ0) is 12.6. The van der Waals surface area contributed by atoms with Gasteiger partial charge in [0.15, 0.2) is 5.84 Å². The normalized spacial score (nSPS) is 27.2. The fourth-order valence-electron chi connectivity index (χ4n) is 1.75. The summed E-state index contributed by atoms with van der Waals surface area (Å²) in [6, 6.07) is 0. The first-order valence-electron chi connectivity index (χ1n) is 5.20. The van der Waals surface area contributed by atoms with Gasteiger partial charge in [-0.1, -0.05) is 5.16 Å². The molecule has 1 amide bonds.